The number of hydrogen-bond acceptors (Lipinski definition) is 3. The van der Waals surface area contributed by atoms with E-state index in [4.69, 9.17) is 9.84 Å². The number of esters is 1. The van der Waals surface area contributed by atoms with Crippen molar-refractivity contribution in [1.82, 2.24) is 0 Å². The quantitative estimate of drug-likeness (QED) is 0.102. The number of aliphatic hydroxyl groups excluding tert-OH is 1. The smallest absolute Gasteiger partial charge is 0.306 e. The van der Waals surface area contributed by atoms with Crippen LogP contribution in [0.5, 0.6) is 0 Å². The predicted octanol–water partition coefficient (Wildman–Crippen LogP) is 7.72. The van der Waals surface area contributed by atoms with Gasteiger partial charge in [-0.05, 0) is 44.9 Å². The molecule has 0 fully saturated rings. The molecule has 0 radical (unpaired) electrons. The van der Waals surface area contributed by atoms with Gasteiger partial charge in [-0.1, -0.05) is 93.5 Å². The number of alkyl halides is 1. The summed E-state index contributed by atoms with van der Waals surface area (Å²) in [5.74, 6) is 0.0109. The fourth-order valence-electron chi connectivity index (χ4n) is 3.57. The third-order valence-corrected chi connectivity index (χ3v) is 5.94. The van der Waals surface area contributed by atoms with E-state index in [1.54, 1.807) is 0 Å². The average Bonchev–Trinajstić information content (AvgIpc) is 2.69. The number of aliphatic hydroxyl groups is 1. The van der Waals surface area contributed by atoms with Crippen LogP contribution in [-0.4, -0.2) is 29.1 Å². The fraction of sp³-hybridized carbons (Fsp3) is 0.958. The van der Waals surface area contributed by atoms with E-state index in [0.717, 1.165) is 50.3 Å². The van der Waals surface area contributed by atoms with E-state index < -0.39 is 0 Å². The molecule has 1 atom stereocenters. The van der Waals surface area contributed by atoms with Crippen LogP contribution in [0.4, 0.5) is 0 Å². The van der Waals surface area contributed by atoms with Crippen LogP contribution in [0.1, 0.15) is 129 Å². The summed E-state index contributed by atoms with van der Waals surface area (Å²) in [6, 6.07) is 0. The summed E-state index contributed by atoms with van der Waals surface area (Å²) in [6.45, 7) is 2.55. The maximum absolute atomic E-state index is 12.2. The van der Waals surface area contributed by atoms with Gasteiger partial charge in [-0.2, -0.15) is 0 Å². The zero-order valence-electron chi connectivity index (χ0n) is 18.6. The lowest BCUT2D eigenvalue weighted by molar-refractivity contribution is -0.150. The Bertz CT molecular complexity index is 307. The largest absolute Gasteiger partial charge is 0.462 e. The number of carbonyl (C=O) groups excluding carboxylic acids is 1. The van der Waals surface area contributed by atoms with E-state index in [0.29, 0.717) is 13.0 Å². The summed E-state index contributed by atoms with van der Waals surface area (Å²) in [7, 11) is 0. The normalized spacial score (nSPS) is 12.2. The first kappa shape index (κ1) is 27.9. The third-order valence-electron chi connectivity index (χ3n) is 5.38. The molecular weight excluding hydrogens is 416 g/mol. The van der Waals surface area contributed by atoms with E-state index in [1.165, 1.54) is 70.6 Å². The number of ether oxygens (including phenoxy) is 1. The van der Waals surface area contributed by atoms with Crippen molar-refractivity contribution in [3.63, 3.8) is 0 Å². The molecule has 0 amide bonds. The minimum absolute atomic E-state index is 0.0109. The van der Waals surface area contributed by atoms with Gasteiger partial charge in [0.1, 0.15) is 6.10 Å². The molecule has 1 N–H and O–H groups in total. The highest BCUT2D eigenvalue weighted by molar-refractivity contribution is 9.09. The van der Waals surface area contributed by atoms with Gasteiger partial charge in [-0.25, -0.2) is 0 Å². The van der Waals surface area contributed by atoms with Gasteiger partial charge in [0.05, 0.1) is 0 Å². The Morgan fingerprint density at radius 3 is 1.82 bits per heavy atom. The summed E-state index contributed by atoms with van der Waals surface area (Å²) in [5, 5.41) is 9.93. The van der Waals surface area contributed by atoms with Crippen LogP contribution < -0.4 is 0 Å². The second-order valence-corrected chi connectivity index (χ2v) is 8.95. The molecule has 0 heterocycles. The van der Waals surface area contributed by atoms with Crippen LogP contribution in [0.3, 0.4) is 0 Å². The molecule has 0 spiro atoms. The molecule has 1 unspecified atom stereocenters. The topological polar surface area (TPSA) is 46.5 Å². The zero-order valence-corrected chi connectivity index (χ0v) is 20.2. The minimum atomic E-state index is 0.0109. The average molecular weight is 464 g/mol. The number of hydrogen-bond donors (Lipinski definition) is 1. The molecule has 168 valence electrons. The number of unbranched alkanes of at least 4 members (excludes halogenated alkanes) is 13. The molecule has 28 heavy (non-hydrogen) atoms. The molecule has 0 bridgehead atoms. The Morgan fingerprint density at radius 2 is 1.25 bits per heavy atom. The minimum Gasteiger partial charge on any atom is -0.462 e. The summed E-state index contributed by atoms with van der Waals surface area (Å²) in [4.78, 5) is 12.2. The number of halogens is 1. The van der Waals surface area contributed by atoms with Crippen molar-refractivity contribution in [2.75, 3.05) is 11.9 Å². The Labute approximate surface area is 183 Å². The highest BCUT2D eigenvalue weighted by atomic mass is 79.9. The highest BCUT2D eigenvalue weighted by Crippen LogP contribution is 2.18. The van der Waals surface area contributed by atoms with E-state index in [2.05, 4.69) is 22.9 Å². The lowest BCUT2D eigenvalue weighted by atomic mass is 10.0. The number of carbonyl (C=O) groups is 1. The summed E-state index contributed by atoms with van der Waals surface area (Å²) in [5.41, 5.74) is 0. The molecule has 0 saturated heterocycles. The van der Waals surface area contributed by atoms with Crippen molar-refractivity contribution in [2.24, 2.45) is 0 Å². The molecular formula is C24H47BrO3. The molecule has 0 aliphatic heterocycles. The van der Waals surface area contributed by atoms with E-state index in [-0.39, 0.29) is 12.1 Å². The van der Waals surface area contributed by atoms with E-state index in [9.17, 15) is 4.79 Å². The van der Waals surface area contributed by atoms with Gasteiger partial charge in [-0.3, -0.25) is 4.79 Å². The second-order valence-electron chi connectivity index (χ2n) is 8.16. The van der Waals surface area contributed by atoms with Gasteiger partial charge < -0.3 is 9.84 Å². The van der Waals surface area contributed by atoms with Crippen LogP contribution in [0.2, 0.25) is 0 Å². The molecule has 0 aliphatic rings. The lowest BCUT2D eigenvalue weighted by Gasteiger charge is -2.18. The van der Waals surface area contributed by atoms with Crippen LogP contribution in [-0.2, 0) is 9.53 Å². The summed E-state index contributed by atoms with van der Waals surface area (Å²) in [6.07, 6.45) is 21.7. The van der Waals surface area contributed by atoms with Gasteiger partial charge in [0, 0.05) is 18.4 Å². The summed E-state index contributed by atoms with van der Waals surface area (Å²) >= 11 is 3.46. The first-order valence-corrected chi connectivity index (χ1v) is 13.2. The standard InChI is InChI=1S/C24H47BrO3/c1-2-3-4-5-8-13-18-23(19-14-9-7-12-17-22-26)28-24(27)20-15-10-6-11-16-21-25/h23,26H,2-22H2,1H3. The van der Waals surface area contributed by atoms with Gasteiger partial charge in [-0.15, -0.1) is 0 Å². The molecule has 4 heteroatoms. The third kappa shape index (κ3) is 20.6. The fourth-order valence-corrected chi connectivity index (χ4v) is 3.96. The van der Waals surface area contributed by atoms with Crippen molar-refractivity contribution >= 4 is 21.9 Å². The van der Waals surface area contributed by atoms with Crippen LogP contribution in [0, 0.1) is 0 Å². The van der Waals surface area contributed by atoms with Crippen molar-refractivity contribution < 1.29 is 14.6 Å². The van der Waals surface area contributed by atoms with Gasteiger partial charge >= 0.3 is 5.97 Å². The molecule has 0 aromatic heterocycles. The van der Waals surface area contributed by atoms with Gasteiger partial charge in [0.2, 0.25) is 0 Å². The first-order valence-electron chi connectivity index (χ1n) is 12.1. The Balaban J connectivity index is 3.99. The van der Waals surface area contributed by atoms with Gasteiger partial charge in [0.15, 0.2) is 0 Å². The first-order chi connectivity index (χ1) is 13.7. The predicted molar refractivity (Wildman–Crippen MR) is 124 cm³/mol. The van der Waals surface area contributed by atoms with Crippen molar-refractivity contribution in [2.45, 2.75) is 135 Å². The Morgan fingerprint density at radius 1 is 0.750 bits per heavy atom. The maximum Gasteiger partial charge on any atom is 0.306 e. The molecule has 0 saturated carbocycles. The summed E-state index contributed by atoms with van der Waals surface area (Å²) < 4.78 is 5.85. The molecule has 3 nitrogen and oxygen atoms in total. The van der Waals surface area contributed by atoms with Crippen LogP contribution in [0.25, 0.3) is 0 Å². The lowest BCUT2D eigenvalue weighted by Crippen LogP contribution is -2.18. The highest BCUT2D eigenvalue weighted by Gasteiger charge is 2.14. The van der Waals surface area contributed by atoms with E-state index >= 15 is 0 Å². The Kier molecular flexibility index (Phi) is 23.1. The van der Waals surface area contributed by atoms with Crippen molar-refractivity contribution in [3.8, 4) is 0 Å². The Hall–Kier alpha value is -0.0900. The molecule has 0 aromatic carbocycles. The van der Waals surface area contributed by atoms with Crippen LogP contribution >= 0.6 is 15.9 Å². The number of rotatable bonds is 22. The second kappa shape index (κ2) is 23.2. The SMILES string of the molecule is CCCCCCCCC(CCCCCCCO)OC(=O)CCCCCCCBr. The zero-order chi connectivity index (χ0) is 20.7. The molecule has 0 aliphatic carbocycles. The maximum atomic E-state index is 12.2. The van der Waals surface area contributed by atoms with Crippen molar-refractivity contribution in [1.29, 1.82) is 0 Å². The van der Waals surface area contributed by atoms with Gasteiger partial charge in [0.25, 0.3) is 0 Å². The molecule has 0 rings (SSSR count). The monoisotopic (exact) mass is 462 g/mol. The van der Waals surface area contributed by atoms with E-state index in [1.807, 2.05) is 0 Å². The van der Waals surface area contributed by atoms with Crippen molar-refractivity contribution in [3.05, 3.63) is 0 Å². The van der Waals surface area contributed by atoms with Crippen LogP contribution in [0.15, 0.2) is 0 Å². The molecule has 0 aromatic rings.